The van der Waals surface area contributed by atoms with Gasteiger partial charge in [0.05, 0.1) is 5.56 Å². The second-order valence-corrected chi connectivity index (χ2v) is 3.70. The molecule has 0 spiro atoms. The standard InChI is InChI=1S/C11H8F3N3O/c1-5-6-3-2-4-16-10(6)17-8(11(12,13)14)7(5)9(15)18/h2-4H,1H3,(H2,15,18). The first-order chi connectivity index (χ1) is 8.32. The van der Waals surface area contributed by atoms with Crippen molar-refractivity contribution in [3.05, 3.63) is 35.2 Å². The molecule has 0 saturated heterocycles. The molecular weight excluding hydrogens is 247 g/mol. The molecule has 18 heavy (non-hydrogen) atoms. The van der Waals surface area contributed by atoms with Crippen molar-refractivity contribution in [2.24, 2.45) is 5.73 Å². The van der Waals surface area contributed by atoms with E-state index >= 15 is 0 Å². The number of amides is 1. The Morgan fingerprint density at radius 3 is 2.61 bits per heavy atom. The minimum absolute atomic E-state index is 0.0627. The van der Waals surface area contributed by atoms with Crippen LogP contribution in [0, 0.1) is 6.92 Å². The molecule has 0 atom stereocenters. The van der Waals surface area contributed by atoms with Crippen molar-refractivity contribution in [1.29, 1.82) is 0 Å². The van der Waals surface area contributed by atoms with Crippen molar-refractivity contribution in [3.8, 4) is 0 Å². The molecule has 94 valence electrons. The van der Waals surface area contributed by atoms with Gasteiger partial charge in [-0.1, -0.05) is 0 Å². The van der Waals surface area contributed by atoms with Crippen molar-refractivity contribution in [2.75, 3.05) is 0 Å². The van der Waals surface area contributed by atoms with Gasteiger partial charge >= 0.3 is 6.18 Å². The highest BCUT2D eigenvalue weighted by Crippen LogP contribution is 2.33. The topological polar surface area (TPSA) is 68.9 Å². The molecule has 4 nitrogen and oxygen atoms in total. The lowest BCUT2D eigenvalue weighted by Crippen LogP contribution is -2.22. The maximum Gasteiger partial charge on any atom is 0.434 e. The Hall–Kier alpha value is -2.18. The smallest absolute Gasteiger partial charge is 0.366 e. The molecule has 0 aliphatic heterocycles. The lowest BCUT2D eigenvalue weighted by molar-refractivity contribution is -0.141. The zero-order chi connectivity index (χ0) is 13.5. The average Bonchev–Trinajstić information content (AvgIpc) is 2.27. The van der Waals surface area contributed by atoms with Crippen LogP contribution in [0.1, 0.15) is 21.6 Å². The fraction of sp³-hybridized carbons (Fsp3) is 0.182. The number of pyridine rings is 2. The first-order valence-electron chi connectivity index (χ1n) is 4.94. The summed E-state index contributed by atoms with van der Waals surface area (Å²) in [6, 6.07) is 3.09. The molecule has 2 rings (SSSR count). The van der Waals surface area contributed by atoms with Crippen LogP contribution in [0.3, 0.4) is 0 Å². The molecule has 1 amide bonds. The molecule has 2 heterocycles. The number of fused-ring (bicyclic) bond motifs is 1. The average molecular weight is 255 g/mol. The molecule has 7 heteroatoms. The number of carbonyl (C=O) groups is 1. The van der Waals surface area contributed by atoms with Crippen LogP contribution in [0.4, 0.5) is 13.2 Å². The van der Waals surface area contributed by atoms with Crippen LogP contribution in [-0.2, 0) is 6.18 Å². The Morgan fingerprint density at radius 2 is 2.06 bits per heavy atom. The van der Waals surface area contributed by atoms with Crippen LogP contribution in [0.25, 0.3) is 11.0 Å². The lowest BCUT2D eigenvalue weighted by Gasteiger charge is -2.13. The van der Waals surface area contributed by atoms with Gasteiger partial charge in [-0.25, -0.2) is 9.97 Å². The number of rotatable bonds is 1. The number of aromatic nitrogens is 2. The summed E-state index contributed by atoms with van der Waals surface area (Å²) in [5.41, 5.74) is 3.17. The molecular formula is C11H8F3N3O. The molecule has 0 saturated carbocycles. The third-order valence-electron chi connectivity index (χ3n) is 2.54. The molecule has 2 aromatic rings. The molecule has 2 aromatic heterocycles. The van der Waals surface area contributed by atoms with Gasteiger partial charge < -0.3 is 5.73 Å². The number of hydrogen-bond donors (Lipinski definition) is 1. The minimum Gasteiger partial charge on any atom is -0.366 e. The molecule has 0 unspecified atom stereocenters. The van der Waals surface area contributed by atoms with Crippen molar-refractivity contribution < 1.29 is 18.0 Å². The number of carbonyl (C=O) groups excluding carboxylic acids is 1. The first-order valence-corrected chi connectivity index (χ1v) is 4.94. The summed E-state index contributed by atoms with van der Waals surface area (Å²) in [4.78, 5) is 18.3. The number of alkyl halides is 3. The van der Waals surface area contributed by atoms with E-state index in [0.29, 0.717) is 5.39 Å². The van der Waals surface area contributed by atoms with Crippen LogP contribution < -0.4 is 5.73 Å². The van der Waals surface area contributed by atoms with Crippen molar-refractivity contribution >= 4 is 16.9 Å². The first kappa shape index (κ1) is 12.3. The summed E-state index contributed by atoms with van der Waals surface area (Å²) in [6.07, 6.45) is -3.42. The monoisotopic (exact) mass is 255 g/mol. The maximum atomic E-state index is 12.8. The predicted octanol–water partition coefficient (Wildman–Crippen LogP) is 2.06. The second-order valence-electron chi connectivity index (χ2n) is 3.70. The Bertz CT molecular complexity index is 637. The number of aryl methyl sites for hydroxylation is 1. The van der Waals surface area contributed by atoms with Crippen LogP contribution in [0.15, 0.2) is 18.3 Å². The van der Waals surface area contributed by atoms with Gasteiger partial charge in [-0.15, -0.1) is 0 Å². The molecule has 2 N–H and O–H groups in total. The number of nitrogens with two attached hydrogens (primary N) is 1. The molecule has 0 fully saturated rings. The Kier molecular flexibility index (Phi) is 2.68. The van der Waals surface area contributed by atoms with Gasteiger partial charge in [-0.3, -0.25) is 4.79 Å². The van der Waals surface area contributed by atoms with Gasteiger partial charge in [0, 0.05) is 11.6 Å². The minimum atomic E-state index is -4.75. The van der Waals surface area contributed by atoms with E-state index in [4.69, 9.17) is 5.73 Å². The highest BCUT2D eigenvalue weighted by Gasteiger charge is 2.38. The number of primary amides is 1. The van der Waals surface area contributed by atoms with Gasteiger partial charge in [0.25, 0.3) is 5.91 Å². The molecule has 0 radical (unpaired) electrons. The summed E-state index contributed by atoms with van der Waals surface area (Å²) in [5, 5.41) is 0.374. The quantitative estimate of drug-likeness (QED) is 0.847. The van der Waals surface area contributed by atoms with E-state index in [2.05, 4.69) is 9.97 Å². The third kappa shape index (κ3) is 1.87. The number of nitrogens with zero attached hydrogens (tertiary/aromatic N) is 2. The molecule has 0 aliphatic rings. The van der Waals surface area contributed by atoms with E-state index in [-0.39, 0.29) is 11.2 Å². The van der Waals surface area contributed by atoms with Crippen LogP contribution in [-0.4, -0.2) is 15.9 Å². The van der Waals surface area contributed by atoms with Crippen molar-refractivity contribution in [3.63, 3.8) is 0 Å². The van der Waals surface area contributed by atoms with E-state index in [9.17, 15) is 18.0 Å². The fourth-order valence-corrected chi connectivity index (χ4v) is 1.76. The number of halogens is 3. The van der Waals surface area contributed by atoms with Gasteiger partial charge in [0.1, 0.15) is 0 Å². The Morgan fingerprint density at radius 1 is 1.39 bits per heavy atom. The summed E-state index contributed by atoms with van der Waals surface area (Å²) >= 11 is 0. The lowest BCUT2D eigenvalue weighted by atomic mass is 10.0. The largest absolute Gasteiger partial charge is 0.434 e. The Labute approximate surface area is 99.6 Å². The summed E-state index contributed by atoms with van der Waals surface area (Å²) in [5.74, 6) is -1.15. The fourth-order valence-electron chi connectivity index (χ4n) is 1.76. The van der Waals surface area contributed by atoms with E-state index in [0.717, 1.165) is 0 Å². The SMILES string of the molecule is Cc1c(C(N)=O)c(C(F)(F)F)nc2ncccc12. The Balaban J connectivity index is 2.93. The van der Waals surface area contributed by atoms with Gasteiger partial charge in [0.15, 0.2) is 11.3 Å². The van der Waals surface area contributed by atoms with Gasteiger partial charge in [0.2, 0.25) is 0 Å². The van der Waals surface area contributed by atoms with Gasteiger partial charge in [-0.2, -0.15) is 13.2 Å². The van der Waals surface area contributed by atoms with Crippen LogP contribution in [0.5, 0.6) is 0 Å². The van der Waals surface area contributed by atoms with E-state index < -0.39 is 23.3 Å². The zero-order valence-electron chi connectivity index (χ0n) is 9.25. The summed E-state index contributed by atoms with van der Waals surface area (Å²) in [6.45, 7) is 1.39. The highest BCUT2D eigenvalue weighted by molar-refractivity contribution is 6.00. The van der Waals surface area contributed by atoms with Crippen LogP contribution in [0.2, 0.25) is 0 Å². The third-order valence-corrected chi connectivity index (χ3v) is 2.54. The molecule has 0 bridgehead atoms. The van der Waals surface area contributed by atoms with Gasteiger partial charge in [-0.05, 0) is 24.6 Å². The van der Waals surface area contributed by atoms with E-state index in [1.165, 1.54) is 19.2 Å². The van der Waals surface area contributed by atoms with E-state index in [1.54, 1.807) is 6.07 Å². The normalized spacial score (nSPS) is 11.8. The van der Waals surface area contributed by atoms with Crippen LogP contribution >= 0.6 is 0 Å². The molecule has 0 aromatic carbocycles. The predicted molar refractivity (Wildman–Crippen MR) is 57.8 cm³/mol. The zero-order valence-corrected chi connectivity index (χ0v) is 9.25. The molecule has 0 aliphatic carbocycles. The second kappa shape index (κ2) is 3.94. The maximum absolute atomic E-state index is 12.8. The summed E-state index contributed by atoms with van der Waals surface area (Å²) in [7, 11) is 0. The van der Waals surface area contributed by atoms with Crippen molar-refractivity contribution in [1.82, 2.24) is 9.97 Å². The summed E-state index contributed by atoms with van der Waals surface area (Å²) < 4.78 is 38.5. The highest BCUT2D eigenvalue weighted by atomic mass is 19.4. The van der Waals surface area contributed by atoms with Crippen molar-refractivity contribution in [2.45, 2.75) is 13.1 Å². The number of hydrogen-bond acceptors (Lipinski definition) is 3. The van der Waals surface area contributed by atoms with E-state index in [1.807, 2.05) is 0 Å².